The van der Waals surface area contributed by atoms with Crippen molar-refractivity contribution >= 4 is 45.8 Å². The van der Waals surface area contributed by atoms with E-state index >= 15 is 0 Å². The number of nitrogens with one attached hydrogen (secondary N) is 2. The molecule has 0 fully saturated rings. The number of hydrogen-bond donors (Lipinski definition) is 2. The third kappa shape index (κ3) is 5.49. The van der Waals surface area contributed by atoms with Crippen molar-refractivity contribution in [2.75, 3.05) is 11.9 Å². The number of urea groups is 1. The average molecular weight is 433 g/mol. The highest BCUT2D eigenvalue weighted by atomic mass is 35.5. The highest BCUT2D eigenvalue weighted by Gasteiger charge is 2.09. The number of anilines is 1. The first-order valence-electron chi connectivity index (χ1n) is 9.46. The van der Waals surface area contributed by atoms with E-state index < -0.39 is 0 Å². The summed E-state index contributed by atoms with van der Waals surface area (Å²) in [5.41, 5.74) is 1.74. The Morgan fingerprint density at radius 2 is 1.93 bits per heavy atom. The van der Waals surface area contributed by atoms with Crippen molar-refractivity contribution < 1.29 is 4.79 Å². The molecule has 0 unspecified atom stereocenters. The molecule has 6 nitrogen and oxygen atoms in total. The van der Waals surface area contributed by atoms with Gasteiger partial charge >= 0.3 is 6.03 Å². The summed E-state index contributed by atoms with van der Waals surface area (Å²) in [7, 11) is 0. The predicted molar refractivity (Wildman–Crippen MR) is 118 cm³/mol. The molecular formula is C21H22Cl2N4O2. The first-order valence-corrected chi connectivity index (χ1v) is 10.2. The second-order valence-electron chi connectivity index (χ2n) is 6.75. The zero-order valence-electron chi connectivity index (χ0n) is 16.0. The van der Waals surface area contributed by atoms with Gasteiger partial charge in [0.05, 0.1) is 33.8 Å². The van der Waals surface area contributed by atoms with Gasteiger partial charge in [-0.25, -0.2) is 9.78 Å². The fraction of sp³-hybridized carbons (Fsp3) is 0.286. The number of nitrogens with zero attached hydrogens (tertiary/aromatic N) is 2. The number of carbonyl (C=O) groups excluding carboxylic acids is 1. The van der Waals surface area contributed by atoms with Gasteiger partial charge in [-0.2, -0.15) is 0 Å². The summed E-state index contributed by atoms with van der Waals surface area (Å²) in [5, 5.41) is 6.89. The Morgan fingerprint density at radius 3 is 2.69 bits per heavy atom. The molecule has 2 N–H and O–H groups in total. The van der Waals surface area contributed by atoms with Crippen molar-refractivity contribution in [1.82, 2.24) is 14.9 Å². The average Bonchev–Trinajstić information content (AvgIpc) is 2.70. The SMILES string of the molecule is CCCCCNC(=O)Nc1ccc2ncn(Cc3ccc(Cl)c(Cl)c3)c(=O)c2c1. The topological polar surface area (TPSA) is 76.0 Å². The van der Waals surface area contributed by atoms with Crippen LogP contribution >= 0.6 is 23.2 Å². The number of rotatable bonds is 7. The van der Waals surface area contributed by atoms with Crippen molar-refractivity contribution in [2.45, 2.75) is 32.7 Å². The molecule has 0 aliphatic rings. The van der Waals surface area contributed by atoms with E-state index in [1.165, 1.54) is 10.9 Å². The summed E-state index contributed by atoms with van der Waals surface area (Å²) in [4.78, 5) is 29.3. The Kier molecular flexibility index (Phi) is 7.12. The van der Waals surface area contributed by atoms with Crippen LogP contribution in [-0.4, -0.2) is 22.1 Å². The summed E-state index contributed by atoms with van der Waals surface area (Å²) in [6.45, 7) is 3.04. The minimum atomic E-state index is -0.291. The quantitative estimate of drug-likeness (QED) is 0.512. The van der Waals surface area contributed by atoms with Crippen LogP contribution in [-0.2, 0) is 6.54 Å². The van der Waals surface area contributed by atoms with Crippen molar-refractivity contribution in [3.63, 3.8) is 0 Å². The number of hydrogen-bond acceptors (Lipinski definition) is 3. The number of amides is 2. The molecule has 0 aliphatic carbocycles. The summed E-state index contributed by atoms with van der Waals surface area (Å²) in [6.07, 6.45) is 4.60. The maximum atomic E-state index is 12.9. The highest BCUT2D eigenvalue weighted by Crippen LogP contribution is 2.23. The normalized spacial score (nSPS) is 10.9. The van der Waals surface area contributed by atoms with E-state index in [1.54, 1.807) is 30.3 Å². The van der Waals surface area contributed by atoms with E-state index in [9.17, 15) is 9.59 Å². The van der Waals surface area contributed by atoms with Gasteiger partial charge in [-0.15, -0.1) is 0 Å². The molecule has 0 saturated carbocycles. The van der Waals surface area contributed by atoms with Crippen LogP contribution < -0.4 is 16.2 Å². The third-order valence-corrected chi connectivity index (χ3v) is 5.22. The van der Waals surface area contributed by atoms with Crippen molar-refractivity contribution in [2.24, 2.45) is 0 Å². The molecule has 3 aromatic rings. The highest BCUT2D eigenvalue weighted by molar-refractivity contribution is 6.42. The molecule has 3 rings (SSSR count). The zero-order valence-corrected chi connectivity index (χ0v) is 17.6. The van der Waals surface area contributed by atoms with E-state index in [0.29, 0.717) is 39.7 Å². The summed E-state index contributed by atoms with van der Waals surface area (Å²) in [5.74, 6) is 0. The minimum absolute atomic E-state index is 0.201. The zero-order chi connectivity index (χ0) is 20.8. The number of halogens is 2. The summed E-state index contributed by atoms with van der Waals surface area (Å²) >= 11 is 12.0. The summed E-state index contributed by atoms with van der Waals surface area (Å²) in [6, 6.07) is 10.0. The Bertz CT molecular complexity index is 1080. The molecule has 8 heteroatoms. The van der Waals surface area contributed by atoms with Crippen molar-refractivity contribution in [1.29, 1.82) is 0 Å². The van der Waals surface area contributed by atoms with Crippen LogP contribution in [0.25, 0.3) is 10.9 Å². The van der Waals surface area contributed by atoms with Gasteiger partial charge in [-0.3, -0.25) is 9.36 Å². The molecular weight excluding hydrogens is 411 g/mol. The van der Waals surface area contributed by atoms with Crippen LogP contribution in [0, 0.1) is 0 Å². The predicted octanol–water partition coefficient (Wildman–Crippen LogP) is 5.06. The van der Waals surface area contributed by atoms with E-state index in [2.05, 4.69) is 22.5 Å². The molecule has 152 valence electrons. The van der Waals surface area contributed by atoms with Crippen molar-refractivity contribution in [3.8, 4) is 0 Å². The largest absolute Gasteiger partial charge is 0.338 e. The molecule has 29 heavy (non-hydrogen) atoms. The Morgan fingerprint density at radius 1 is 1.10 bits per heavy atom. The van der Waals surface area contributed by atoms with E-state index in [0.717, 1.165) is 24.8 Å². The standard InChI is InChI=1S/C21H22Cl2N4O2/c1-2-3-4-9-24-21(29)26-15-6-8-19-16(11-15)20(28)27(13-25-19)12-14-5-7-17(22)18(23)10-14/h5-8,10-11,13H,2-4,9,12H2,1H3,(H2,24,26,29). The maximum Gasteiger partial charge on any atom is 0.319 e. The molecule has 0 saturated heterocycles. The van der Waals surface area contributed by atoms with Crippen molar-refractivity contribution in [3.05, 3.63) is 68.7 Å². The minimum Gasteiger partial charge on any atom is -0.338 e. The second-order valence-corrected chi connectivity index (χ2v) is 7.56. The van der Waals surface area contributed by atoms with E-state index in [1.807, 2.05) is 6.07 Å². The molecule has 0 spiro atoms. The lowest BCUT2D eigenvalue weighted by atomic mass is 10.2. The lowest BCUT2D eigenvalue weighted by Gasteiger charge is -2.10. The molecule has 0 radical (unpaired) electrons. The fourth-order valence-corrected chi connectivity index (χ4v) is 3.26. The van der Waals surface area contributed by atoms with Gasteiger partial charge in [0, 0.05) is 12.2 Å². The first kappa shape index (κ1) is 21.1. The lowest BCUT2D eigenvalue weighted by molar-refractivity contribution is 0.252. The van der Waals surface area contributed by atoms with Crippen LogP contribution in [0.4, 0.5) is 10.5 Å². The van der Waals surface area contributed by atoms with E-state index in [4.69, 9.17) is 23.2 Å². The molecule has 2 aromatic carbocycles. The smallest absolute Gasteiger partial charge is 0.319 e. The van der Waals surface area contributed by atoms with Gasteiger partial charge < -0.3 is 10.6 Å². The first-order chi connectivity index (χ1) is 14.0. The molecule has 2 amide bonds. The Balaban J connectivity index is 1.78. The molecule has 1 aromatic heterocycles. The van der Waals surface area contributed by atoms with Gasteiger partial charge in [0.25, 0.3) is 5.56 Å². The van der Waals surface area contributed by atoms with Gasteiger partial charge in [0.2, 0.25) is 0 Å². The van der Waals surface area contributed by atoms with Gasteiger partial charge in [0.1, 0.15) is 0 Å². The van der Waals surface area contributed by atoms with Crippen LogP contribution in [0.1, 0.15) is 31.7 Å². The Labute approximate surface area is 178 Å². The van der Waals surface area contributed by atoms with Crippen LogP contribution in [0.5, 0.6) is 0 Å². The number of fused-ring (bicyclic) bond motifs is 1. The van der Waals surface area contributed by atoms with Crippen LogP contribution in [0.15, 0.2) is 47.5 Å². The maximum absolute atomic E-state index is 12.9. The summed E-state index contributed by atoms with van der Waals surface area (Å²) < 4.78 is 1.50. The monoisotopic (exact) mass is 432 g/mol. The van der Waals surface area contributed by atoms with Gasteiger partial charge in [0.15, 0.2) is 0 Å². The number of unbranched alkanes of at least 4 members (excludes halogenated alkanes) is 2. The third-order valence-electron chi connectivity index (χ3n) is 4.48. The lowest BCUT2D eigenvalue weighted by Crippen LogP contribution is -2.29. The van der Waals surface area contributed by atoms with Crippen LogP contribution in [0.2, 0.25) is 10.0 Å². The Hall–Kier alpha value is -2.57. The van der Waals surface area contributed by atoms with Gasteiger partial charge in [-0.05, 0) is 42.3 Å². The number of aromatic nitrogens is 2. The fourth-order valence-electron chi connectivity index (χ4n) is 2.94. The molecule has 1 heterocycles. The number of carbonyl (C=O) groups is 1. The molecule has 0 aliphatic heterocycles. The molecule has 0 bridgehead atoms. The van der Waals surface area contributed by atoms with E-state index in [-0.39, 0.29) is 11.6 Å². The van der Waals surface area contributed by atoms with Gasteiger partial charge in [-0.1, -0.05) is 49.0 Å². The second kappa shape index (κ2) is 9.76. The number of benzene rings is 2. The van der Waals surface area contributed by atoms with Crippen LogP contribution in [0.3, 0.4) is 0 Å². The molecule has 0 atom stereocenters.